The van der Waals surface area contributed by atoms with Gasteiger partial charge in [0.15, 0.2) is 0 Å². The van der Waals surface area contributed by atoms with Crippen molar-refractivity contribution in [1.82, 2.24) is 4.98 Å². The molecule has 3 aromatic rings. The number of rotatable bonds is 4. The van der Waals surface area contributed by atoms with Gasteiger partial charge < -0.3 is 5.73 Å². The summed E-state index contributed by atoms with van der Waals surface area (Å²) in [4.78, 5) is 17.7. The van der Waals surface area contributed by atoms with Crippen molar-refractivity contribution < 1.29 is 9.18 Å². The molecule has 0 fully saturated rings. The zero-order valence-corrected chi connectivity index (χ0v) is 13.9. The lowest BCUT2D eigenvalue weighted by molar-refractivity contribution is 0.253. The Morgan fingerprint density at radius 3 is 2.44 bits per heavy atom. The normalized spacial score (nSPS) is 10.5. The minimum Gasteiger partial charge on any atom is -0.351 e. The SMILES string of the molecule is NC(=O)N(Cc1ccccc1Cl)c1cccc(-c2ccc(F)cc2)n1. The molecule has 0 spiro atoms. The second kappa shape index (κ2) is 7.32. The first-order chi connectivity index (χ1) is 12.0. The molecule has 25 heavy (non-hydrogen) atoms. The number of carbonyl (C=O) groups is 1. The van der Waals surface area contributed by atoms with Crippen molar-refractivity contribution in [2.75, 3.05) is 4.90 Å². The molecule has 0 radical (unpaired) electrons. The molecule has 3 rings (SSSR count). The van der Waals surface area contributed by atoms with Gasteiger partial charge in [-0.25, -0.2) is 14.2 Å². The van der Waals surface area contributed by atoms with Gasteiger partial charge in [-0.05, 0) is 48.0 Å². The highest BCUT2D eigenvalue weighted by Gasteiger charge is 2.16. The smallest absolute Gasteiger partial charge is 0.320 e. The number of pyridine rings is 1. The van der Waals surface area contributed by atoms with E-state index in [0.717, 1.165) is 11.1 Å². The fourth-order valence-corrected chi connectivity index (χ4v) is 2.62. The van der Waals surface area contributed by atoms with Crippen LogP contribution in [0.4, 0.5) is 15.0 Å². The van der Waals surface area contributed by atoms with E-state index < -0.39 is 6.03 Å². The number of hydrogen-bond acceptors (Lipinski definition) is 2. The Balaban J connectivity index is 1.94. The van der Waals surface area contributed by atoms with Gasteiger partial charge in [0.2, 0.25) is 0 Å². The minimum atomic E-state index is -0.635. The molecule has 4 nitrogen and oxygen atoms in total. The first kappa shape index (κ1) is 16.9. The first-order valence-electron chi connectivity index (χ1n) is 7.58. The number of anilines is 1. The number of aromatic nitrogens is 1. The summed E-state index contributed by atoms with van der Waals surface area (Å²) in [5, 5.41) is 0.545. The Labute approximate surface area is 149 Å². The predicted molar refractivity (Wildman–Crippen MR) is 96.8 cm³/mol. The molecule has 126 valence electrons. The van der Waals surface area contributed by atoms with Crippen molar-refractivity contribution in [3.8, 4) is 11.3 Å². The van der Waals surface area contributed by atoms with E-state index in [4.69, 9.17) is 17.3 Å². The molecule has 0 aliphatic rings. The average molecular weight is 356 g/mol. The molecule has 0 saturated carbocycles. The molecule has 0 aliphatic carbocycles. The van der Waals surface area contributed by atoms with E-state index in [1.165, 1.54) is 17.0 Å². The van der Waals surface area contributed by atoms with Crippen LogP contribution >= 0.6 is 11.6 Å². The van der Waals surface area contributed by atoms with Gasteiger partial charge in [0, 0.05) is 10.6 Å². The molecule has 1 aromatic heterocycles. The van der Waals surface area contributed by atoms with E-state index in [2.05, 4.69) is 4.98 Å². The summed E-state index contributed by atoms with van der Waals surface area (Å²) in [7, 11) is 0. The molecule has 1 heterocycles. The molecule has 0 saturated heterocycles. The Bertz CT molecular complexity index is 899. The maximum Gasteiger partial charge on any atom is 0.320 e. The maximum absolute atomic E-state index is 13.1. The Morgan fingerprint density at radius 1 is 1.04 bits per heavy atom. The van der Waals surface area contributed by atoms with Crippen LogP contribution in [0.3, 0.4) is 0 Å². The zero-order chi connectivity index (χ0) is 17.8. The Morgan fingerprint density at radius 2 is 1.76 bits per heavy atom. The summed E-state index contributed by atoms with van der Waals surface area (Å²) in [6, 6.07) is 17.8. The lowest BCUT2D eigenvalue weighted by Crippen LogP contribution is -2.35. The zero-order valence-electron chi connectivity index (χ0n) is 13.2. The van der Waals surface area contributed by atoms with Crippen LogP contribution in [0.25, 0.3) is 11.3 Å². The number of halogens is 2. The molecule has 2 N–H and O–H groups in total. The third-order valence-electron chi connectivity index (χ3n) is 3.70. The van der Waals surface area contributed by atoms with Gasteiger partial charge in [-0.15, -0.1) is 0 Å². The van der Waals surface area contributed by atoms with Crippen LogP contribution < -0.4 is 10.6 Å². The van der Waals surface area contributed by atoms with Crippen LogP contribution in [0.2, 0.25) is 5.02 Å². The van der Waals surface area contributed by atoms with E-state index in [9.17, 15) is 9.18 Å². The number of primary amides is 1. The van der Waals surface area contributed by atoms with Crippen molar-refractivity contribution >= 4 is 23.4 Å². The van der Waals surface area contributed by atoms with Crippen LogP contribution in [0.5, 0.6) is 0 Å². The highest BCUT2D eigenvalue weighted by molar-refractivity contribution is 6.31. The van der Waals surface area contributed by atoms with E-state index in [-0.39, 0.29) is 12.4 Å². The van der Waals surface area contributed by atoms with Crippen LogP contribution in [0.15, 0.2) is 66.7 Å². The highest BCUT2D eigenvalue weighted by atomic mass is 35.5. The third-order valence-corrected chi connectivity index (χ3v) is 4.07. The summed E-state index contributed by atoms with van der Waals surface area (Å²) >= 11 is 6.17. The largest absolute Gasteiger partial charge is 0.351 e. The molecular formula is C19H15ClFN3O. The van der Waals surface area contributed by atoms with Crippen molar-refractivity contribution in [3.05, 3.63) is 83.1 Å². The van der Waals surface area contributed by atoms with Crippen LogP contribution in [-0.2, 0) is 6.54 Å². The monoisotopic (exact) mass is 355 g/mol. The molecule has 0 aliphatic heterocycles. The predicted octanol–water partition coefficient (Wildman–Crippen LogP) is 4.63. The van der Waals surface area contributed by atoms with Gasteiger partial charge in [0.25, 0.3) is 0 Å². The topological polar surface area (TPSA) is 59.2 Å². The fourth-order valence-electron chi connectivity index (χ4n) is 2.42. The van der Waals surface area contributed by atoms with E-state index >= 15 is 0 Å². The second-order valence-corrected chi connectivity index (χ2v) is 5.81. The van der Waals surface area contributed by atoms with Gasteiger partial charge in [-0.3, -0.25) is 4.90 Å². The van der Waals surface area contributed by atoms with Crippen molar-refractivity contribution in [2.45, 2.75) is 6.54 Å². The van der Waals surface area contributed by atoms with Gasteiger partial charge in [0.1, 0.15) is 11.6 Å². The van der Waals surface area contributed by atoms with Crippen LogP contribution in [0.1, 0.15) is 5.56 Å². The maximum atomic E-state index is 13.1. The molecule has 0 atom stereocenters. The number of amides is 2. The lowest BCUT2D eigenvalue weighted by Gasteiger charge is -2.20. The van der Waals surface area contributed by atoms with Gasteiger partial charge >= 0.3 is 6.03 Å². The summed E-state index contributed by atoms with van der Waals surface area (Å²) in [5.41, 5.74) is 7.65. The molecule has 2 aromatic carbocycles. The standard InChI is InChI=1S/C19H15ClFN3O/c20-16-5-2-1-4-14(16)12-24(19(22)25)18-7-3-6-17(23-18)13-8-10-15(21)11-9-13/h1-11H,12H2,(H2,22,25). The average Bonchev–Trinajstić information content (AvgIpc) is 2.61. The third kappa shape index (κ3) is 3.95. The number of nitrogens with zero attached hydrogens (tertiary/aromatic N) is 2. The Kier molecular flexibility index (Phi) is 4.95. The van der Waals surface area contributed by atoms with Gasteiger partial charge in [-0.2, -0.15) is 0 Å². The van der Waals surface area contributed by atoms with Crippen molar-refractivity contribution in [1.29, 1.82) is 0 Å². The van der Waals surface area contributed by atoms with E-state index in [1.54, 1.807) is 36.4 Å². The Hall–Kier alpha value is -2.92. The fraction of sp³-hybridized carbons (Fsp3) is 0.0526. The van der Waals surface area contributed by atoms with Crippen molar-refractivity contribution in [2.24, 2.45) is 5.73 Å². The van der Waals surface area contributed by atoms with Crippen LogP contribution in [-0.4, -0.2) is 11.0 Å². The highest BCUT2D eigenvalue weighted by Crippen LogP contribution is 2.24. The number of carbonyl (C=O) groups excluding carboxylic acids is 1. The summed E-state index contributed by atoms with van der Waals surface area (Å²) < 4.78 is 13.1. The van der Waals surface area contributed by atoms with Gasteiger partial charge in [0.05, 0.1) is 12.2 Å². The molecule has 0 unspecified atom stereocenters. The van der Waals surface area contributed by atoms with Gasteiger partial charge in [-0.1, -0.05) is 35.9 Å². The van der Waals surface area contributed by atoms with E-state index in [0.29, 0.717) is 16.5 Å². The number of urea groups is 1. The number of hydrogen-bond donors (Lipinski definition) is 1. The second-order valence-electron chi connectivity index (χ2n) is 5.40. The summed E-state index contributed by atoms with van der Waals surface area (Å²) in [5.74, 6) is 0.0756. The summed E-state index contributed by atoms with van der Waals surface area (Å²) in [6.45, 7) is 0.203. The number of nitrogens with two attached hydrogens (primary N) is 1. The first-order valence-corrected chi connectivity index (χ1v) is 7.96. The number of benzene rings is 2. The van der Waals surface area contributed by atoms with Crippen molar-refractivity contribution in [3.63, 3.8) is 0 Å². The molecule has 6 heteroatoms. The minimum absolute atomic E-state index is 0.203. The quantitative estimate of drug-likeness (QED) is 0.742. The molecular weight excluding hydrogens is 341 g/mol. The molecule has 2 amide bonds. The summed E-state index contributed by atoms with van der Waals surface area (Å²) in [6.07, 6.45) is 0. The van der Waals surface area contributed by atoms with E-state index in [1.807, 2.05) is 18.2 Å². The lowest BCUT2D eigenvalue weighted by atomic mass is 10.1. The molecule has 0 bridgehead atoms. The van der Waals surface area contributed by atoms with Crippen LogP contribution in [0, 0.1) is 5.82 Å².